The molecule has 1 heterocycles. The molecule has 0 amide bonds. The molecule has 1 aliphatic carbocycles. The van der Waals surface area contributed by atoms with Crippen LogP contribution in [-0.4, -0.2) is 12.6 Å². The first-order chi connectivity index (χ1) is 16.2. The maximum Gasteiger partial charge on any atom is 0.309 e. The van der Waals surface area contributed by atoms with Crippen LogP contribution < -0.4 is 4.67 Å². The lowest BCUT2D eigenvalue weighted by atomic mass is 9.99. The van der Waals surface area contributed by atoms with Crippen molar-refractivity contribution in [3.05, 3.63) is 97.1 Å². The van der Waals surface area contributed by atoms with Gasteiger partial charge in [0.2, 0.25) is 0 Å². The highest BCUT2D eigenvalue weighted by Gasteiger charge is 2.25. The summed E-state index contributed by atoms with van der Waals surface area (Å²) < 4.78 is 15.9. The molecule has 4 heteroatoms. The summed E-state index contributed by atoms with van der Waals surface area (Å²) in [5.41, 5.74) is 1.77. The molecule has 0 aliphatic heterocycles. The van der Waals surface area contributed by atoms with Gasteiger partial charge in [0.15, 0.2) is 0 Å². The quantitative estimate of drug-likeness (QED) is 0.274. The van der Waals surface area contributed by atoms with Crippen LogP contribution >= 0.6 is 8.16 Å². The first-order valence-electron chi connectivity index (χ1n) is 11.6. The van der Waals surface area contributed by atoms with E-state index < -0.39 is 8.16 Å². The lowest BCUT2D eigenvalue weighted by molar-refractivity contribution is 0.556. The molecule has 1 aliphatic rings. The fourth-order valence-electron chi connectivity index (χ4n) is 4.98. The molecule has 0 unspecified atom stereocenters. The molecule has 0 radical (unpaired) electrons. The number of allylic oxidation sites excluding steroid dienone is 2. The molecular weight excluding hydrogens is 425 g/mol. The third-order valence-electron chi connectivity index (χ3n) is 6.72. The molecule has 1 aromatic heterocycles. The molecule has 0 saturated carbocycles. The van der Waals surface area contributed by atoms with Gasteiger partial charge < -0.3 is 8.39 Å². The second-order valence-corrected chi connectivity index (χ2v) is 9.94. The summed E-state index contributed by atoms with van der Waals surface area (Å²) >= 11 is 0. The Kier molecular flexibility index (Phi) is 5.10. The zero-order valence-electron chi connectivity index (χ0n) is 18.8. The van der Waals surface area contributed by atoms with Crippen molar-refractivity contribution in [2.75, 3.05) is 11.2 Å². The molecular formula is C29H26NO2P. The van der Waals surface area contributed by atoms with Crippen LogP contribution in [0.15, 0.2) is 105 Å². The Balaban J connectivity index is 1.75. The van der Waals surface area contributed by atoms with Gasteiger partial charge in [-0.25, -0.2) is 0 Å². The van der Waals surface area contributed by atoms with E-state index in [0.717, 1.165) is 28.5 Å². The van der Waals surface area contributed by atoms with Gasteiger partial charge in [0.05, 0.1) is 0 Å². The van der Waals surface area contributed by atoms with Gasteiger partial charge in [0.25, 0.3) is 0 Å². The predicted octanol–water partition coefficient (Wildman–Crippen LogP) is 8.69. The van der Waals surface area contributed by atoms with E-state index in [2.05, 4.69) is 116 Å². The van der Waals surface area contributed by atoms with Crippen LogP contribution in [-0.2, 0) is 0 Å². The van der Waals surface area contributed by atoms with E-state index >= 15 is 0 Å². The summed E-state index contributed by atoms with van der Waals surface area (Å²) in [6, 6.07) is 25.9. The fourth-order valence-corrected chi connectivity index (χ4v) is 6.55. The average molecular weight is 452 g/mol. The molecule has 0 spiro atoms. The van der Waals surface area contributed by atoms with E-state index in [1.807, 2.05) is 0 Å². The summed E-state index contributed by atoms with van der Waals surface area (Å²) in [6.45, 7) is 5.29. The minimum absolute atomic E-state index is 0.266. The van der Waals surface area contributed by atoms with E-state index in [-0.39, 0.29) is 6.04 Å². The van der Waals surface area contributed by atoms with Crippen molar-refractivity contribution in [3.63, 3.8) is 0 Å². The standard InChI is InChI=1S/C29H26NO2P/c1-3-30(20(2)21-10-4-5-11-21)33-31-26-18-16-22-12-6-8-14-24(22)28(26)29-25-15-9-7-13-23(25)17-19-27(29)32-33/h4-21H,3H2,1-2H3/t20-/m1/s1. The molecule has 6 rings (SSSR count). The Morgan fingerprint density at radius 1 is 0.758 bits per heavy atom. The lowest BCUT2D eigenvalue weighted by Gasteiger charge is -2.27. The Labute approximate surface area is 194 Å². The molecule has 5 aromatic rings. The molecule has 1 atom stereocenters. The average Bonchev–Trinajstić information content (AvgIpc) is 3.34. The minimum atomic E-state index is -1.34. The Hall–Kier alpha value is -3.26. The highest BCUT2D eigenvalue weighted by Crippen LogP contribution is 2.43. The number of fused-ring (bicyclic) bond motifs is 7. The van der Waals surface area contributed by atoms with Crippen LogP contribution in [0.3, 0.4) is 0 Å². The van der Waals surface area contributed by atoms with Gasteiger partial charge in [-0.1, -0.05) is 91.9 Å². The second-order valence-electron chi connectivity index (χ2n) is 8.58. The third-order valence-corrected chi connectivity index (χ3v) is 8.50. The lowest BCUT2D eigenvalue weighted by Crippen LogP contribution is -2.34. The number of benzene rings is 4. The molecule has 164 valence electrons. The zero-order chi connectivity index (χ0) is 22.4. The van der Waals surface area contributed by atoms with Crippen molar-refractivity contribution in [2.45, 2.75) is 19.9 Å². The molecule has 0 saturated heterocycles. The molecule has 33 heavy (non-hydrogen) atoms. The van der Waals surface area contributed by atoms with Crippen molar-refractivity contribution in [1.82, 2.24) is 0 Å². The van der Waals surface area contributed by atoms with Crippen molar-refractivity contribution in [1.29, 1.82) is 0 Å². The van der Waals surface area contributed by atoms with E-state index in [9.17, 15) is 0 Å². The Morgan fingerprint density at radius 2 is 1.27 bits per heavy atom. The van der Waals surface area contributed by atoms with Crippen LogP contribution in [0.1, 0.15) is 13.8 Å². The van der Waals surface area contributed by atoms with Gasteiger partial charge >= 0.3 is 8.16 Å². The van der Waals surface area contributed by atoms with Crippen molar-refractivity contribution < 1.29 is 8.39 Å². The van der Waals surface area contributed by atoms with E-state index in [0.29, 0.717) is 5.92 Å². The Morgan fingerprint density at radius 3 is 1.79 bits per heavy atom. The van der Waals surface area contributed by atoms with Crippen LogP contribution in [0.4, 0.5) is 0 Å². The highest BCUT2D eigenvalue weighted by molar-refractivity contribution is 7.39. The number of rotatable bonds is 4. The van der Waals surface area contributed by atoms with Gasteiger partial charge in [-0.3, -0.25) is 0 Å². The van der Waals surface area contributed by atoms with Gasteiger partial charge in [0.1, 0.15) is 11.2 Å². The summed E-state index contributed by atoms with van der Waals surface area (Å²) in [5, 5.41) is 7.01. The first kappa shape index (κ1) is 20.4. The number of hydrogen-bond donors (Lipinski definition) is 0. The maximum absolute atomic E-state index is 6.75. The molecule has 3 nitrogen and oxygen atoms in total. The second kappa shape index (κ2) is 8.26. The van der Waals surface area contributed by atoms with Crippen molar-refractivity contribution in [2.24, 2.45) is 5.92 Å². The van der Waals surface area contributed by atoms with Crippen molar-refractivity contribution >= 4 is 51.6 Å². The summed E-state index contributed by atoms with van der Waals surface area (Å²) in [4.78, 5) is 0. The largest absolute Gasteiger partial charge is 0.408 e. The van der Waals surface area contributed by atoms with Crippen molar-refractivity contribution in [3.8, 4) is 0 Å². The first-order valence-corrected chi connectivity index (χ1v) is 12.7. The van der Waals surface area contributed by atoms with Gasteiger partial charge in [-0.15, -0.1) is 0 Å². The van der Waals surface area contributed by atoms with E-state index in [1.54, 1.807) is 0 Å². The molecule has 0 N–H and O–H groups in total. The summed E-state index contributed by atoms with van der Waals surface area (Å²) in [6.07, 6.45) is 8.76. The number of nitrogens with zero attached hydrogens (tertiary/aromatic N) is 1. The van der Waals surface area contributed by atoms with Crippen LogP contribution in [0, 0.1) is 5.92 Å². The topological polar surface area (TPSA) is 29.5 Å². The SMILES string of the molecule is CCN([C@H](C)C1C=CC=C1)p1oc2ccc3ccccc3c2c2c(ccc3ccccc32)o1. The van der Waals surface area contributed by atoms with Gasteiger partial charge in [0, 0.05) is 29.3 Å². The van der Waals surface area contributed by atoms with Gasteiger partial charge in [-0.2, -0.15) is 4.67 Å². The smallest absolute Gasteiger partial charge is 0.309 e. The normalized spacial score (nSPS) is 14.9. The minimum Gasteiger partial charge on any atom is -0.408 e. The zero-order valence-corrected chi connectivity index (χ0v) is 19.7. The van der Waals surface area contributed by atoms with Crippen LogP contribution in [0.2, 0.25) is 0 Å². The molecule has 0 fully saturated rings. The Bertz CT molecular complexity index is 1490. The van der Waals surface area contributed by atoms with E-state index in [1.165, 1.54) is 21.5 Å². The summed E-state index contributed by atoms with van der Waals surface area (Å²) in [7, 11) is -1.34. The highest BCUT2D eigenvalue weighted by atomic mass is 31.1. The monoisotopic (exact) mass is 451 g/mol. The third kappa shape index (κ3) is 3.40. The van der Waals surface area contributed by atoms with E-state index in [4.69, 9.17) is 8.39 Å². The van der Waals surface area contributed by atoms with Crippen LogP contribution in [0.5, 0.6) is 0 Å². The summed E-state index contributed by atoms with van der Waals surface area (Å²) in [5.74, 6) is 0.357. The fraction of sp³-hybridized carbons (Fsp3) is 0.172. The molecule has 4 aromatic carbocycles. The number of hydrogen-bond acceptors (Lipinski definition) is 3. The predicted molar refractivity (Wildman–Crippen MR) is 141 cm³/mol. The van der Waals surface area contributed by atoms with Crippen LogP contribution in [0.25, 0.3) is 43.5 Å². The van der Waals surface area contributed by atoms with Gasteiger partial charge in [-0.05, 0) is 40.6 Å². The maximum atomic E-state index is 6.75. The molecule has 0 bridgehead atoms.